The van der Waals surface area contributed by atoms with Crippen LogP contribution in [0.25, 0.3) is 0 Å². The second-order valence-corrected chi connectivity index (χ2v) is 6.71. The van der Waals surface area contributed by atoms with Crippen molar-refractivity contribution in [2.75, 3.05) is 58.3 Å². The van der Waals surface area contributed by atoms with Crippen LogP contribution < -0.4 is 4.74 Å². The Morgan fingerprint density at radius 3 is 2.40 bits per heavy atom. The molecule has 20 heavy (non-hydrogen) atoms. The highest BCUT2D eigenvalue weighted by Crippen LogP contribution is 2.20. The van der Waals surface area contributed by atoms with Gasteiger partial charge in [0.2, 0.25) is 0 Å². The Morgan fingerprint density at radius 2 is 1.70 bits per heavy atom. The maximum Gasteiger partial charge on any atom is 0.155 e. The van der Waals surface area contributed by atoms with Crippen molar-refractivity contribution in [1.29, 1.82) is 0 Å². The molecular formula is C15H23O4S+. The zero-order chi connectivity index (χ0) is 14.0. The fraction of sp³-hybridized carbons (Fsp3) is 0.600. The van der Waals surface area contributed by atoms with Gasteiger partial charge in [-0.2, -0.15) is 0 Å². The molecule has 1 aromatic rings. The first-order valence-corrected chi connectivity index (χ1v) is 8.51. The quantitative estimate of drug-likeness (QED) is 0.541. The molecule has 0 spiro atoms. The van der Waals surface area contributed by atoms with Crippen LogP contribution in [-0.4, -0.2) is 58.3 Å². The second-order valence-electron chi connectivity index (χ2n) is 4.44. The monoisotopic (exact) mass is 299 g/mol. The summed E-state index contributed by atoms with van der Waals surface area (Å²) in [6.45, 7) is 4.18. The van der Waals surface area contributed by atoms with Gasteiger partial charge >= 0.3 is 0 Å². The van der Waals surface area contributed by atoms with Crippen molar-refractivity contribution in [2.24, 2.45) is 0 Å². The average Bonchev–Trinajstić information content (AvgIpc) is 2.52. The van der Waals surface area contributed by atoms with Crippen molar-refractivity contribution in [3.63, 3.8) is 0 Å². The maximum atomic E-state index is 5.64. The van der Waals surface area contributed by atoms with Crippen molar-refractivity contribution >= 4 is 10.9 Å². The summed E-state index contributed by atoms with van der Waals surface area (Å²) >= 11 is 0. The molecule has 1 aliphatic heterocycles. The fourth-order valence-corrected chi connectivity index (χ4v) is 3.78. The molecule has 1 heterocycles. The Kier molecular flexibility index (Phi) is 7.22. The summed E-state index contributed by atoms with van der Waals surface area (Å²) in [4.78, 5) is 1.41. The van der Waals surface area contributed by atoms with Gasteiger partial charge in [-0.05, 0) is 24.3 Å². The Balaban J connectivity index is 1.68. The first kappa shape index (κ1) is 15.6. The van der Waals surface area contributed by atoms with E-state index >= 15 is 0 Å². The van der Waals surface area contributed by atoms with Gasteiger partial charge in [0.15, 0.2) is 4.90 Å². The topological polar surface area (TPSA) is 36.9 Å². The van der Waals surface area contributed by atoms with E-state index in [4.69, 9.17) is 18.9 Å². The lowest BCUT2D eigenvalue weighted by atomic mass is 10.3. The molecule has 5 heteroatoms. The van der Waals surface area contributed by atoms with E-state index in [0.29, 0.717) is 37.3 Å². The van der Waals surface area contributed by atoms with Crippen molar-refractivity contribution in [2.45, 2.75) is 4.90 Å². The van der Waals surface area contributed by atoms with Crippen LogP contribution in [0.5, 0.6) is 5.75 Å². The number of ether oxygens (including phenoxy) is 4. The van der Waals surface area contributed by atoms with E-state index in [1.165, 1.54) is 4.90 Å². The van der Waals surface area contributed by atoms with Gasteiger partial charge in [0.05, 0.1) is 33.0 Å². The summed E-state index contributed by atoms with van der Waals surface area (Å²) in [5, 5.41) is 0. The van der Waals surface area contributed by atoms with Crippen LogP contribution in [-0.2, 0) is 25.1 Å². The highest BCUT2D eigenvalue weighted by Gasteiger charge is 2.24. The zero-order valence-corrected chi connectivity index (χ0v) is 12.8. The third-order valence-corrected chi connectivity index (χ3v) is 5.29. The lowest BCUT2D eigenvalue weighted by Gasteiger charge is -2.14. The molecule has 0 saturated carbocycles. The summed E-state index contributed by atoms with van der Waals surface area (Å²) in [6, 6.07) is 8.45. The van der Waals surface area contributed by atoms with Crippen LogP contribution in [0, 0.1) is 0 Å². The standard InChI is InChI=1S/C15H23O4S/c1-16-6-7-17-8-9-19-14-2-4-15(5-3-14)20-12-10-18-11-13-20/h2-5H,6-13H2,1H3/q+1. The van der Waals surface area contributed by atoms with E-state index in [1.54, 1.807) is 7.11 Å². The van der Waals surface area contributed by atoms with E-state index in [-0.39, 0.29) is 0 Å². The predicted octanol–water partition coefficient (Wildman–Crippen LogP) is 1.74. The van der Waals surface area contributed by atoms with Crippen molar-refractivity contribution in [1.82, 2.24) is 0 Å². The van der Waals surface area contributed by atoms with E-state index in [2.05, 4.69) is 12.1 Å². The van der Waals surface area contributed by atoms with Gasteiger partial charge in [-0.15, -0.1) is 0 Å². The maximum absolute atomic E-state index is 5.64. The zero-order valence-electron chi connectivity index (χ0n) is 12.0. The molecule has 112 valence electrons. The Bertz CT molecular complexity index is 363. The van der Waals surface area contributed by atoms with Crippen LogP contribution >= 0.6 is 0 Å². The minimum atomic E-state index is 0.353. The minimum Gasteiger partial charge on any atom is -0.491 e. The lowest BCUT2D eigenvalue weighted by Crippen LogP contribution is -2.26. The van der Waals surface area contributed by atoms with Gasteiger partial charge in [-0.25, -0.2) is 0 Å². The number of hydrogen-bond acceptors (Lipinski definition) is 4. The number of benzene rings is 1. The van der Waals surface area contributed by atoms with Crippen LogP contribution in [0.15, 0.2) is 29.2 Å². The molecular weight excluding hydrogens is 276 g/mol. The van der Waals surface area contributed by atoms with E-state index < -0.39 is 0 Å². The molecule has 0 aromatic heterocycles. The average molecular weight is 299 g/mol. The number of methoxy groups -OCH3 is 1. The summed E-state index contributed by atoms with van der Waals surface area (Å²) in [6.07, 6.45) is 0. The highest BCUT2D eigenvalue weighted by molar-refractivity contribution is 7.97. The molecule has 0 N–H and O–H groups in total. The molecule has 0 aliphatic carbocycles. The van der Waals surface area contributed by atoms with Gasteiger partial charge in [-0.1, -0.05) is 0 Å². The summed E-state index contributed by atoms with van der Waals surface area (Å²) in [5.41, 5.74) is 0. The molecule has 1 aliphatic rings. The molecule has 0 amide bonds. The number of hydrogen-bond donors (Lipinski definition) is 0. The molecule has 1 fully saturated rings. The molecule has 0 bridgehead atoms. The molecule has 1 saturated heterocycles. The lowest BCUT2D eigenvalue weighted by molar-refractivity contribution is 0.0544. The van der Waals surface area contributed by atoms with Gasteiger partial charge in [-0.3, -0.25) is 0 Å². The molecule has 2 rings (SSSR count). The fourth-order valence-electron chi connectivity index (χ4n) is 1.95. The van der Waals surface area contributed by atoms with Gasteiger partial charge in [0.1, 0.15) is 23.9 Å². The third-order valence-electron chi connectivity index (χ3n) is 3.03. The second kappa shape index (κ2) is 9.23. The predicted molar refractivity (Wildman–Crippen MR) is 80.8 cm³/mol. The van der Waals surface area contributed by atoms with Crippen LogP contribution in [0.1, 0.15) is 0 Å². The summed E-state index contributed by atoms with van der Waals surface area (Å²) in [5.74, 6) is 3.20. The first-order chi connectivity index (χ1) is 9.90. The van der Waals surface area contributed by atoms with Crippen molar-refractivity contribution in [3.8, 4) is 5.75 Å². The Morgan fingerprint density at radius 1 is 1.00 bits per heavy atom. The van der Waals surface area contributed by atoms with Gasteiger partial charge < -0.3 is 18.9 Å². The van der Waals surface area contributed by atoms with E-state index in [9.17, 15) is 0 Å². The van der Waals surface area contributed by atoms with Crippen molar-refractivity contribution < 1.29 is 18.9 Å². The molecule has 0 radical (unpaired) electrons. The van der Waals surface area contributed by atoms with Crippen LogP contribution in [0.2, 0.25) is 0 Å². The largest absolute Gasteiger partial charge is 0.491 e. The molecule has 4 nitrogen and oxygen atoms in total. The number of rotatable bonds is 8. The summed E-state index contributed by atoms with van der Waals surface area (Å²) < 4.78 is 21.3. The normalized spacial score (nSPS) is 16.2. The van der Waals surface area contributed by atoms with Gasteiger partial charge in [0.25, 0.3) is 0 Å². The molecule has 0 atom stereocenters. The smallest absolute Gasteiger partial charge is 0.155 e. The van der Waals surface area contributed by atoms with Crippen LogP contribution in [0.4, 0.5) is 0 Å². The third kappa shape index (κ3) is 5.32. The Hall–Kier alpha value is -0.750. The molecule has 1 aromatic carbocycles. The van der Waals surface area contributed by atoms with Crippen molar-refractivity contribution in [3.05, 3.63) is 24.3 Å². The SMILES string of the molecule is COCCOCCOc1ccc([S+]2CCOCC2)cc1. The van der Waals surface area contributed by atoms with E-state index in [1.807, 2.05) is 12.1 Å². The van der Waals surface area contributed by atoms with Gasteiger partial charge in [0, 0.05) is 18.0 Å². The highest BCUT2D eigenvalue weighted by atomic mass is 32.2. The Labute approximate surface area is 123 Å². The van der Waals surface area contributed by atoms with Crippen LogP contribution in [0.3, 0.4) is 0 Å². The summed E-state index contributed by atoms with van der Waals surface area (Å²) in [7, 11) is 2.02. The van der Waals surface area contributed by atoms with E-state index in [0.717, 1.165) is 30.5 Å². The molecule has 0 unspecified atom stereocenters. The first-order valence-electron chi connectivity index (χ1n) is 6.95. The minimum absolute atomic E-state index is 0.353.